The molecular formula is C26H19N5O2S2. The van der Waals surface area contributed by atoms with E-state index in [0.717, 1.165) is 21.2 Å². The van der Waals surface area contributed by atoms with Crippen LogP contribution < -0.4 is 10.5 Å². The number of allylic oxidation sites excluding steroid dienone is 1. The van der Waals surface area contributed by atoms with Crippen LogP contribution in [0.25, 0.3) is 16.7 Å². The molecule has 1 aliphatic rings. The van der Waals surface area contributed by atoms with Crippen molar-refractivity contribution in [2.45, 2.75) is 21.5 Å². The third-order valence-corrected chi connectivity index (χ3v) is 7.84. The average Bonchev–Trinajstić information content (AvgIpc) is 3.32. The Morgan fingerprint density at radius 1 is 0.943 bits per heavy atom. The zero-order valence-electron chi connectivity index (χ0n) is 18.5. The number of aromatic nitrogens is 4. The van der Waals surface area contributed by atoms with Crippen LogP contribution in [0.5, 0.6) is 0 Å². The zero-order chi connectivity index (χ0) is 23.9. The lowest BCUT2D eigenvalue weighted by molar-refractivity contribution is -0.115. The lowest BCUT2D eigenvalue weighted by atomic mass is 10.2. The fraction of sp³-hybridized carbons (Fsp3) is 0.0769. The van der Waals surface area contributed by atoms with Crippen LogP contribution >= 0.6 is 23.5 Å². The number of carbonyl (C=O) groups is 1. The minimum absolute atomic E-state index is 0.0596. The van der Waals surface area contributed by atoms with E-state index >= 15 is 0 Å². The number of rotatable bonds is 5. The lowest BCUT2D eigenvalue weighted by Crippen LogP contribution is -2.30. The predicted molar refractivity (Wildman–Crippen MR) is 140 cm³/mol. The Morgan fingerprint density at radius 2 is 1.60 bits per heavy atom. The van der Waals surface area contributed by atoms with Gasteiger partial charge in [-0.3, -0.25) is 23.5 Å². The van der Waals surface area contributed by atoms with E-state index in [9.17, 15) is 9.59 Å². The topological polar surface area (TPSA) is 72.5 Å². The molecule has 35 heavy (non-hydrogen) atoms. The maximum atomic E-state index is 13.6. The molecule has 1 aliphatic heterocycles. The average molecular weight is 498 g/mol. The molecule has 3 aromatic carbocycles. The van der Waals surface area contributed by atoms with Crippen molar-refractivity contribution in [3.05, 3.63) is 95.8 Å². The summed E-state index contributed by atoms with van der Waals surface area (Å²) in [5, 5.41) is 9.74. The number of nitrogens with zero attached hydrogens (tertiary/aromatic N) is 5. The summed E-state index contributed by atoms with van der Waals surface area (Å²) in [6.45, 7) is 4.08. The minimum atomic E-state index is -0.146. The highest BCUT2D eigenvalue weighted by molar-refractivity contribution is 8.00. The summed E-state index contributed by atoms with van der Waals surface area (Å²) >= 11 is 2.97. The quantitative estimate of drug-likeness (QED) is 0.247. The van der Waals surface area contributed by atoms with Gasteiger partial charge in [-0.15, -0.1) is 16.8 Å². The number of thioether (sulfide) groups is 1. The van der Waals surface area contributed by atoms with Crippen LogP contribution in [0, 0.1) is 0 Å². The van der Waals surface area contributed by atoms with Gasteiger partial charge < -0.3 is 0 Å². The Labute approximate surface area is 209 Å². The molecule has 2 aromatic heterocycles. The molecule has 0 aliphatic carbocycles. The summed E-state index contributed by atoms with van der Waals surface area (Å²) in [4.78, 5) is 30.5. The Morgan fingerprint density at radius 3 is 2.31 bits per heavy atom. The van der Waals surface area contributed by atoms with E-state index in [2.05, 4.69) is 16.8 Å². The number of benzene rings is 3. The van der Waals surface area contributed by atoms with Gasteiger partial charge in [-0.2, -0.15) is 0 Å². The van der Waals surface area contributed by atoms with E-state index in [-0.39, 0.29) is 17.2 Å². The van der Waals surface area contributed by atoms with Crippen molar-refractivity contribution >= 4 is 57.5 Å². The summed E-state index contributed by atoms with van der Waals surface area (Å²) < 4.78 is 3.38. The van der Waals surface area contributed by atoms with Gasteiger partial charge >= 0.3 is 0 Å². The first-order valence-corrected chi connectivity index (χ1v) is 12.8. The van der Waals surface area contributed by atoms with Crippen LogP contribution in [-0.4, -0.2) is 30.8 Å². The largest absolute Gasteiger partial charge is 0.278 e. The molecule has 0 bridgehead atoms. The van der Waals surface area contributed by atoms with Crippen molar-refractivity contribution < 1.29 is 4.79 Å². The molecule has 3 heterocycles. The van der Waals surface area contributed by atoms with E-state index in [1.54, 1.807) is 33.4 Å². The SMILES string of the molecule is C=CCn1c(=O)c2ccccc2n2c(SCC(=O)N3c4ccccc4Sc4ccccc43)nnc12. The maximum absolute atomic E-state index is 13.6. The van der Waals surface area contributed by atoms with Crippen molar-refractivity contribution in [1.82, 2.24) is 19.2 Å². The number of hydrogen-bond donors (Lipinski definition) is 0. The summed E-state index contributed by atoms with van der Waals surface area (Å²) in [5.74, 6) is 0.521. The Hall–Kier alpha value is -3.82. The molecule has 0 radical (unpaired) electrons. The molecule has 0 fully saturated rings. The predicted octanol–water partition coefficient (Wildman–Crippen LogP) is 5.15. The first-order valence-electron chi connectivity index (χ1n) is 11.0. The normalized spacial score (nSPS) is 12.5. The van der Waals surface area contributed by atoms with Gasteiger partial charge in [-0.25, -0.2) is 0 Å². The van der Waals surface area contributed by atoms with Gasteiger partial charge in [0.1, 0.15) is 0 Å². The number of hydrogen-bond acceptors (Lipinski definition) is 6. The van der Waals surface area contributed by atoms with E-state index in [1.807, 2.05) is 71.1 Å². The second-order valence-corrected chi connectivity index (χ2v) is 9.92. The molecule has 7 nitrogen and oxygen atoms in total. The van der Waals surface area contributed by atoms with Crippen molar-refractivity contribution in [3.8, 4) is 0 Å². The van der Waals surface area contributed by atoms with E-state index < -0.39 is 0 Å². The van der Waals surface area contributed by atoms with Crippen LogP contribution in [0.15, 0.2) is 105 Å². The van der Waals surface area contributed by atoms with E-state index in [4.69, 9.17) is 0 Å². The second kappa shape index (κ2) is 8.75. The number of amides is 1. The molecular weight excluding hydrogens is 478 g/mol. The van der Waals surface area contributed by atoms with Crippen LogP contribution in [0.4, 0.5) is 11.4 Å². The summed E-state index contributed by atoms with van der Waals surface area (Å²) in [6, 6.07) is 23.2. The maximum Gasteiger partial charge on any atom is 0.263 e. The van der Waals surface area contributed by atoms with Crippen LogP contribution in [0.2, 0.25) is 0 Å². The first kappa shape index (κ1) is 21.7. The van der Waals surface area contributed by atoms with Gasteiger partial charge in [0.05, 0.1) is 28.0 Å². The van der Waals surface area contributed by atoms with Crippen LogP contribution in [0.1, 0.15) is 0 Å². The summed E-state index contributed by atoms with van der Waals surface area (Å²) in [7, 11) is 0. The van der Waals surface area contributed by atoms with Gasteiger partial charge in [-0.05, 0) is 36.4 Å². The smallest absolute Gasteiger partial charge is 0.263 e. The number of fused-ring (bicyclic) bond motifs is 5. The van der Waals surface area contributed by atoms with Gasteiger partial charge in [0.2, 0.25) is 11.7 Å². The van der Waals surface area contributed by atoms with Crippen molar-refractivity contribution in [1.29, 1.82) is 0 Å². The molecule has 6 rings (SSSR count). The molecule has 172 valence electrons. The Bertz CT molecular complexity index is 1650. The Kier molecular flexibility index (Phi) is 5.43. The van der Waals surface area contributed by atoms with Gasteiger partial charge in [0, 0.05) is 16.3 Å². The molecule has 9 heteroatoms. The molecule has 1 amide bonds. The van der Waals surface area contributed by atoms with Crippen molar-refractivity contribution in [3.63, 3.8) is 0 Å². The van der Waals surface area contributed by atoms with Crippen LogP contribution in [0.3, 0.4) is 0 Å². The fourth-order valence-electron chi connectivity index (χ4n) is 4.28. The van der Waals surface area contributed by atoms with Crippen molar-refractivity contribution in [2.75, 3.05) is 10.7 Å². The van der Waals surface area contributed by atoms with Gasteiger partial charge in [0.25, 0.3) is 5.56 Å². The zero-order valence-corrected chi connectivity index (χ0v) is 20.1. The van der Waals surface area contributed by atoms with Gasteiger partial charge in [0.15, 0.2) is 5.16 Å². The molecule has 0 saturated heterocycles. The monoisotopic (exact) mass is 497 g/mol. The second-order valence-electron chi connectivity index (χ2n) is 7.89. The van der Waals surface area contributed by atoms with Crippen molar-refractivity contribution in [2.24, 2.45) is 0 Å². The standard InChI is InChI=1S/C26H19N5O2S2/c1-2-15-29-24(33)17-9-3-4-10-18(17)31-25(29)27-28-26(31)34-16-23(32)30-19-11-5-7-13-21(19)35-22-14-8-6-12-20(22)30/h2-14H,1,15-16H2. The third kappa shape index (κ3) is 3.55. The molecule has 0 atom stereocenters. The molecule has 0 unspecified atom stereocenters. The highest BCUT2D eigenvalue weighted by Gasteiger charge is 2.28. The molecule has 0 N–H and O–H groups in total. The minimum Gasteiger partial charge on any atom is -0.278 e. The number of para-hydroxylation sites is 3. The first-order chi connectivity index (χ1) is 17.2. The van der Waals surface area contributed by atoms with E-state index in [0.29, 0.717) is 28.4 Å². The summed E-state index contributed by atoms with van der Waals surface area (Å²) in [6.07, 6.45) is 1.66. The number of anilines is 2. The fourth-order valence-corrected chi connectivity index (χ4v) is 6.13. The molecule has 5 aromatic rings. The highest BCUT2D eigenvalue weighted by Crippen LogP contribution is 2.48. The number of carbonyl (C=O) groups excluding carboxylic acids is 1. The van der Waals surface area contributed by atoms with E-state index in [1.165, 1.54) is 11.8 Å². The van der Waals surface area contributed by atoms with Crippen LogP contribution in [-0.2, 0) is 11.3 Å². The summed E-state index contributed by atoms with van der Waals surface area (Å²) in [5.41, 5.74) is 2.31. The molecule has 0 saturated carbocycles. The third-order valence-electron chi connectivity index (χ3n) is 5.80. The highest BCUT2D eigenvalue weighted by atomic mass is 32.2. The van der Waals surface area contributed by atoms with Gasteiger partial charge in [-0.1, -0.05) is 66.0 Å². The lowest BCUT2D eigenvalue weighted by Gasteiger charge is -2.30. The Balaban J connectivity index is 1.40. The molecule has 0 spiro atoms.